The van der Waals surface area contributed by atoms with Crippen molar-refractivity contribution in [3.63, 3.8) is 0 Å². The van der Waals surface area contributed by atoms with Crippen LogP contribution in [0.4, 0.5) is 4.79 Å². The van der Waals surface area contributed by atoms with E-state index in [0.717, 1.165) is 0 Å². The molecule has 25 heavy (non-hydrogen) atoms. The van der Waals surface area contributed by atoms with Crippen LogP contribution >= 0.6 is 0 Å². The van der Waals surface area contributed by atoms with Crippen molar-refractivity contribution >= 4 is 18.0 Å². The summed E-state index contributed by atoms with van der Waals surface area (Å²) in [6, 6.07) is -0.632. The molecule has 1 aliphatic heterocycles. The van der Waals surface area contributed by atoms with Gasteiger partial charge in [0.1, 0.15) is 17.2 Å². The maximum Gasteiger partial charge on any atom is 0.410 e. The molecule has 0 unspecified atom stereocenters. The highest BCUT2D eigenvalue weighted by Gasteiger charge is 2.61. The molecule has 140 valence electrons. The van der Waals surface area contributed by atoms with E-state index < -0.39 is 29.2 Å². The number of hydrogen-bond acceptors (Lipinski definition) is 5. The van der Waals surface area contributed by atoms with E-state index in [0.29, 0.717) is 25.8 Å². The lowest BCUT2D eigenvalue weighted by molar-refractivity contribution is -0.149. The predicted octanol–water partition coefficient (Wildman–Crippen LogP) is 2.01. The molecule has 2 rings (SSSR count). The van der Waals surface area contributed by atoms with Crippen LogP contribution in [0.15, 0.2) is 12.7 Å². The summed E-state index contributed by atoms with van der Waals surface area (Å²) < 4.78 is 10.5. The third kappa shape index (κ3) is 4.14. The summed E-state index contributed by atoms with van der Waals surface area (Å²) in [5.74, 6) is -0.942. The molecule has 2 amide bonds. The molecule has 0 aromatic carbocycles. The highest BCUT2D eigenvalue weighted by Crippen LogP contribution is 2.45. The molecule has 2 fully saturated rings. The van der Waals surface area contributed by atoms with Gasteiger partial charge in [-0.05, 0) is 47.0 Å². The SMILES string of the molecule is C=C[C@H]1C[C@@]1(NC(=O)[C@@H]1CCCN1C(=O)OC(C)(C)C)C(=O)OCC. The number of rotatable bonds is 5. The van der Waals surface area contributed by atoms with Crippen LogP contribution in [0.25, 0.3) is 0 Å². The monoisotopic (exact) mass is 352 g/mol. The fraction of sp³-hybridized carbons (Fsp3) is 0.722. The second-order valence-electron chi connectivity index (χ2n) is 7.56. The molecule has 0 radical (unpaired) electrons. The molecule has 1 N–H and O–H groups in total. The first-order valence-corrected chi connectivity index (χ1v) is 8.76. The van der Waals surface area contributed by atoms with E-state index in [1.165, 1.54) is 4.90 Å². The van der Waals surface area contributed by atoms with Gasteiger partial charge in [-0.1, -0.05) is 6.08 Å². The minimum Gasteiger partial charge on any atom is -0.464 e. The van der Waals surface area contributed by atoms with E-state index in [4.69, 9.17) is 9.47 Å². The zero-order valence-corrected chi connectivity index (χ0v) is 15.5. The number of likely N-dealkylation sites (tertiary alicyclic amines) is 1. The molecule has 2 aliphatic rings. The number of amides is 2. The van der Waals surface area contributed by atoms with Gasteiger partial charge in [0.25, 0.3) is 0 Å². The number of nitrogens with one attached hydrogen (secondary N) is 1. The van der Waals surface area contributed by atoms with Crippen LogP contribution in [0.3, 0.4) is 0 Å². The summed E-state index contributed by atoms with van der Waals surface area (Å²) in [5, 5.41) is 2.81. The molecule has 1 aliphatic carbocycles. The first kappa shape index (κ1) is 19.3. The Bertz CT molecular complexity index is 568. The normalized spacial score (nSPS) is 28.2. The smallest absolute Gasteiger partial charge is 0.410 e. The average molecular weight is 352 g/mol. The van der Waals surface area contributed by atoms with Crippen LogP contribution in [-0.2, 0) is 19.1 Å². The maximum atomic E-state index is 12.7. The Morgan fingerprint density at radius 2 is 2.04 bits per heavy atom. The standard InChI is InChI=1S/C18H28N2O5/c1-6-12-11-18(12,15(22)24-7-2)19-14(21)13-9-8-10-20(13)16(23)25-17(3,4)5/h6,12-13H,1,7-11H2,2-5H3,(H,19,21)/t12-,13-,18-/m0/s1. The average Bonchev–Trinajstić information content (AvgIpc) is 3.00. The largest absolute Gasteiger partial charge is 0.464 e. The van der Waals surface area contributed by atoms with Crippen molar-refractivity contribution in [2.45, 2.75) is 64.1 Å². The van der Waals surface area contributed by atoms with Crippen molar-refractivity contribution in [1.82, 2.24) is 10.2 Å². The van der Waals surface area contributed by atoms with Gasteiger partial charge in [0, 0.05) is 12.5 Å². The van der Waals surface area contributed by atoms with Gasteiger partial charge in [0.15, 0.2) is 0 Å². The lowest BCUT2D eigenvalue weighted by Gasteiger charge is -2.29. The van der Waals surface area contributed by atoms with Gasteiger partial charge >= 0.3 is 12.1 Å². The van der Waals surface area contributed by atoms with Gasteiger partial charge < -0.3 is 14.8 Å². The van der Waals surface area contributed by atoms with Crippen LogP contribution in [0.1, 0.15) is 47.0 Å². The lowest BCUT2D eigenvalue weighted by Crippen LogP contribution is -2.53. The molecular formula is C18H28N2O5. The van der Waals surface area contributed by atoms with E-state index in [9.17, 15) is 14.4 Å². The number of hydrogen-bond donors (Lipinski definition) is 1. The number of carbonyl (C=O) groups is 3. The second kappa shape index (κ2) is 7.06. The molecule has 0 aromatic rings. The fourth-order valence-electron chi connectivity index (χ4n) is 3.14. The Morgan fingerprint density at radius 3 is 2.56 bits per heavy atom. The van der Waals surface area contributed by atoms with Gasteiger partial charge in [0.05, 0.1) is 6.61 Å². The molecule has 7 heteroatoms. The van der Waals surface area contributed by atoms with Crippen LogP contribution in [0.2, 0.25) is 0 Å². The van der Waals surface area contributed by atoms with E-state index in [1.54, 1.807) is 33.8 Å². The molecule has 1 saturated carbocycles. The van der Waals surface area contributed by atoms with Crippen molar-refractivity contribution in [1.29, 1.82) is 0 Å². The second-order valence-corrected chi connectivity index (χ2v) is 7.56. The van der Waals surface area contributed by atoms with Crippen LogP contribution in [0.5, 0.6) is 0 Å². The summed E-state index contributed by atoms with van der Waals surface area (Å²) in [7, 11) is 0. The number of ether oxygens (including phenoxy) is 2. The summed E-state index contributed by atoms with van der Waals surface area (Å²) in [6.45, 7) is 11.5. The Balaban J connectivity index is 2.07. The van der Waals surface area contributed by atoms with E-state index in [1.807, 2.05) is 0 Å². The summed E-state index contributed by atoms with van der Waals surface area (Å²) >= 11 is 0. The summed E-state index contributed by atoms with van der Waals surface area (Å²) in [6.07, 6.45) is 2.88. The van der Waals surface area contributed by atoms with Crippen molar-refractivity contribution in [3.05, 3.63) is 12.7 Å². The van der Waals surface area contributed by atoms with Crippen LogP contribution < -0.4 is 5.32 Å². The third-order valence-corrected chi connectivity index (χ3v) is 4.47. The Morgan fingerprint density at radius 1 is 1.36 bits per heavy atom. The van der Waals surface area contributed by atoms with Gasteiger partial charge in [-0.3, -0.25) is 9.69 Å². The zero-order chi connectivity index (χ0) is 18.8. The van der Waals surface area contributed by atoms with Gasteiger partial charge in [0.2, 0.25) is 5.91 Å². The van der Waals surface area contributed by atoms with E-state index in [2.05, 4.69) is 11.9 Å². The maximum absolute atomic E-state index is 12.7. The fourth-order valence-corrected chi connectivity index (χ4v) is 3.14. The lowest BCUT2D eigenvalue weighted by atomic mass is 10.1. The van der Waals surface area contributed by atoms with E-state index in [-0.39, 0.29) is 18.4 Å². The quantitative estimate of drug-likeness (QED) is 0.604. The van der Waals surface area contributed by atoms with Crippen molar-refractivity contribution in [2.24, 2.45) is 5.92 Å². The molecule has 0 spiro atoms. The number of carbonyl (C=O) groups excluding carboxylic acids is 3. The zero-order valence-electron chi connectivity index (χ0n) is 15.5. The summed E-state index contributed by atoms with van der Waals surface area (Å²) in [5.41, 5.74) is -1.67. The third-order valence-electron chi connectivity index (χ3n) is 4.47. The summed E-state index contributed by atoms with van der Waals surface area (Å²) in [4.78, 5) is 38.8. The van der Waals surface area contributed by atoms with Gasteiger partial charge in [-0.15, -0.1) is 6.58 Å². The minimum atomic E-state index is -1.04. The first-order valence-electron chi connectivity index (χ1n) is 8.76. The Kier molecular flexibility index (Phi) is 5.44. The molecular weight excluding hydrogens is 324 g/mol. The molecule has 7 nitrogen and oxygen atoms in total. The molecule has 0 aromatic heterocycles. The molecule has 3 atom stereocenters. The molecule has 1 saturated heterocycles. The topological polar surface area (TPSA) is 84.9 Å². The van der Waals surface area contributed by atoms with Crippen LogP contribution in [0, 0.1) is 5.92 Å². The highest BCUT2D eigenvalue weighted by molar-refractivity contribution is 5.94. The van der Waals surface area contributed by atoms with Crippen molar-refractivity contribution < 1.29 is 23.9 Å². The highest BCUT2D eigenvalue weighted by atomic mass is 16.6. The molecule has 0 bridgehead atoms. The number of nitrogens with zero attached hydrogens (tertiary/aromatic N) is 1. The first-order chi connectivity index (χ1) is 11.6. The Labute approximate surface area is 148 Å². The van der Waals surface area contributed by atoms with Crippen LogP contribution in [-0.4, -0.2) is 53.2 Å². The molecule has 1 heterocycles. The van der Waals surface area contributed by atoms with Crippen molar-refractivity contribution in [2.75, 3.05) is 13.2 Å². The number of esters is 1. The Hall–Kier alpha value is -2.05. The minimum absolute atomic E-state index is 0.146. The van der Waals surface area contributed by atoms with Crippen molar-refractivity contribution in [3.8, 4) is 0 Å². The predicted molar refractivity (Wildman–Crippen MR) is 91.8 cm³/mol. The van der Waals surface area contributed by atoms with Gasteiger partial charge in [-0.25, -0.2) is 9.59 Å². The van der Waals surface area contributed by atoms with E-state index >= 15 is 0 Å². The van der Waals surface area contributed by atoms with Gasteiger partial charge in [-0.2, -0.15) is 0 Å².